The van der Waals surface area contributed by atoms with Crippen molar-refractivity contribution >= 4 is 5.97 Å². The van der Waals surface area contributed by atoms with Gasteiger partial charge in [0.15, 0.2) is 18.4 Å². The molecule has 0 unspecified atom stereocenters. The molecule has 0 aliphatic rings. The maximum Gasteiger partial charge on any atom is 0.337 e. The second-order valence-electron chi connectivity index (χ2n) is 2.69. The van der Waals surface area contributed by atoms with Crippen molar-refractivity contribution in [2.24, 2.45) is 0 Å². The quantitative estimate of drug-likeness (QED) is 0.564. The second-order valence-corrected chi connectivity index (χ2v) is 2.69. The Balaban J connectivity index is 2.89. The van der Waals surface area contributed by atoms with E-state index in [1.807, 2.05) is 0 Å². The zero-order valence-electron chi connectivity index (χ0n) is 8.45. The number of ether oxygens (including phenoxy) is 3. The Hall–Kier alpha value is -1.62. The normalized spacial score (nSPS) is 9.80. The summed E-state index contributed by atoms with van der Waals surface area (Å²) in [7, 11) is 2.67. The first kappa shape index (κ1) is 11.5. The molecule has 0 aliphatic heterocycles. The first-order valence-electron chi connectivity index (χ1n) is 4.18. The number of benzene rings is 1. The van der Waals surface area contributed by atoms with Crippen LogP contribution in [0.3, 0.4) is 0 Å². The summed E-state index contributed by atoms with van der Waals surface area (Å²) in [4.78, 5) is 11.1. The lowest BCUT2D eigenvalue weighted by molar-refractivity contribution is 0.0476. The smallest absolute Gasteiger partial charge is 0.337 e. The van der Waals surface area contributed by atoms with Gasteiger partial charge in [0.05, 0.1) is 12.7 Å². The van der Waals surface area contributed by atoms with Crippen molar-refractivity contribution < 1.29 is 23.4 Å². The summed E-state index contributed by atoms with van der Waals surface area (Å²) in [6, 6.07) is 3.72. The van der Waals surface area contributed by atoms with Crippen LogP contribution < -0.4 is 4.74 Å². The van der Waals surface area contributed by atoms with Crippen molar-refractivity contribution in [1.82, 2.24) is 0 Å². The number of hydrogen-bond acceptors (Lipinski definition) is 4. The van der Waals surface area contributed by atoms with Crippen molar-refractivity contribution in [3.63, 3.8) is 0 Å². The van der Waals surface area contributed by atoms with E-state index >= 15 is 0 Å². The largest absolute Gasteiger partial charge is 0.465 e. The topological polar surface area (TPSA) is 44.8 Å². The molecule has 0 aliphatic carbocycles. The molecule has 15 heavy (non-hydrogen) atoms. The third kappa shape index (κ3) is 2.92. The molecule has 0 fully saturated rings. The van der Waals surface area contributed by atoms with Crippen molar-refractivity contribution in [3.8, 4) is 5.75 Å². The maximum atomic E-state index is 13.1. The summed E-state index contributed by atoms with van der Waals surface area (Å²) in [5.74, 6) is -1.14. The van der Waals surface area contributed by atoms with Crippen LogP contribution in [0.15, 0.2) is 18.2 Å². The minimum Gasteiger partial charge on any atom is -0.465 e. The number of hydrogen-bond donors (Lipinski definition) is 0. The second kappa shape index (κ2) is 5.31. The van der Waals surface area contributed by atoms with Gasteiger partial charge in [-0.1, -0.05) is 0 Å². The lowest BCUT2D eigenvalue weighted by Crippen LogP contribution is -2.05. The van der Waals surface area contributed by atoms with Crippen molar-refractivity contribution in [3.05, 3.63) is 29.6 Å². The highest BCUT2D eigenvalue weighted by Gasteiger charge is 2.10. The predicted octanol–water partition coefficient (Wildman–Crippen LogP) is 1.60. The minimum atomic E-state index is -0.556. The van der Waals surface area contributed by atoms with Crippen LogP contribution >= 0.6 is 0 Å². The number of methoxy groups -OCH3 is 2. The molecule has 1 aromatic rings. The van der Waals surface area contributed by atoms with Gasteiger partial charge in [-0.15, -0.1) is 0 Å². The molecule has 0 heterocycles. The van der Waals surface area contributed by atoms with Gasteiger partial charge < -0.3 is 14.2 Å². The monoisotopic (exact) mass is 214 g/mol. The van der Waals surface area contributed by atoms with Gasteiger partial charge in [-0.25, -0.2) is 9.18 Å². The van der Waals surface area contributed by atoms with Crippen LogP contribution in [-0.4, -0.2) is 27.0 Å². The van der Waals surface area contributed by atoms with E-state index in [0.29, 0.717) is 0 Å². The number of esters is 1. The summed E-state index contributed by atoms with van der Waals surface area (Å²) in [5.41, 5.74) is 0.227. The van der Waals surface area contributed by atoms with Crippen LogP contribution in [0.5, 0.6) is 5.75 Å². The Labute approximate surface area is 86.6 Å². The van der Waals surface area contributed by atoms with Gasteiger partial charge in [-0.05, 0) is 18.2 Å². The highest BCUT2D eigenvalue weighted by Crippen LogP contribution is 2.19. The van der Waals surface area contributed by atoms with E-state index in [4.69, 9.17) is 4.74 Å². The molecule has 0 N–H and O–H groups in total. The maximum absolute atomic E-state index is 13.1. The van der Waals surface area contributed by atoms with Gasteiger partial charge in [0, 0.05) is 7.11 Å². The van der Waals surface area contributed by atoms with E-state index in [-0.39, 0.29) is 18.1 Å². The molecular formula is C10H11FO4. The highest BCUT2D eigenvalue weighted by atomic mass is 19.1. The van der Waals surface area contributed by atoms with Crippen LogP contribution in [0, 0.1) is 5.82 Å². The van der Waals surface area contributed by atoms with Gasteiger partial charge in [-0.2, -0.15) is 0 Å². The first-order chi connectivity index (χ1) is 7.19. The van der Waals surface area contributed by atoms with E-state index in [1.54, 1.807) is 0 Å². The summed E-state index contributed by atoms with van der Waals surface area (Å²) in [6.07, 6.45) is 0. The highest BCUT2D eigenvalue weighted by molar-refractivity contribution is 5.89. The summed E-state index contributed by atoms with van der Waals surface area (Å²) in [5, 5.41) is 0. The Morgan fingerprint density at radius 3 is 2.73 bits per heavy atom. The van der Waals surface area contributed by atoms with E-state index in [2.05, 4.69) is 9.47 Å². The molecular weight excluding hydrogens is 203 g/mol. The molecule has 0 saturated heterocycles. The lowest BCUT2D eigenvalue weighted by Gasteiger charge is -2.07. The zero-order valence-corrected chi connectivity index (χ0v) is 8.45. The fourth-order valence-corrected chi connectivity index (χ4v) is 0.981. The van der Waals surface area contributed by atoms with Crippen molar-refractivity contribution in [2.45, 2.75) is 0 Å². The van der Waals surface area contributed by atoms with Crippen LogP contribution in [-0.2, 0) is 9.47 Å². The zero-order chi connectivity index (χ0) is 11.3. The average molecular weight is 214 g/mol. The number of carbonyl (C=O) groups excluding carboxylic acids is 1. The van der Waals surface area contributed by atoms with Crippen molar-refractivity contribution in [1.29, 1.82) is 0 Å². The Morgan fingerprint density at radius 1 is 1.40 bits per heavy atom. The Kier molecular flexibility index (Phi) is 4.05. The Bertz CT molecular complexity index is 351. The molecule has 0 amide bonds. The number of carbonyl (C=O) groups is 1. The molecule has 1 rings (SSSR count). The third-order valence-electron chi connectivity index (χ3n) is 1.68. The first-order valence-corrected chi connectivity index (χ1v) is 4.18. The standard InChI is InChI=1S/C10H11FO4/c1-13-6-15-9-5-7(10(12)14-2)3-4-8(9)11/h3-5H,6H2,1-2H3. The van der Waals surface area contributed by atoms with Crippen molar-refractivity contribution in [2.75, 3.05) is 21.0 Å². The summed E-state index contributed by atoms with van der Waals surface area (Å²) in [6.45, 7) is -0.0818. The van der Waals surface area contributed by atoms with Gasteiger partial charge in [-0.3, -0.25) is 0 Å². The van der Waals surface area contributed by atoms with Gasteiger partial charge in [0.1, 0.15) is 0 Å². The number of halogens is 1. The molecule has 0 saturated carbocycles. The molecule has 0 aromatic heterocycles. The summed E-state index contributed by atoms with van der Waals surface area (Å²) >= 11 is 0. The van der Waals surface area contributed by atoms with E-state index in [1.165, 1.54) is 26.4 Å². The van der Waals surface area contributed by atoms with E-state index in [9.17, 15) is 9.18 Å². The van der Waals surface area contributed by atoms with Gasteiger partial charge in [0.2, 0.25) is 0 Å². The predicted molar refractivity (Wildman–Crippen MR) is 50.2 cm³/mol. The summed E-state index contributed by atoms with van der Waals surface area (Å²) < 4.78 is 27.2. The van der Waals surface area contributed by atoms with E-state index < -0.39 is 11.8 Å². The van der Waals surface area contributed by atoms with Gasteiger partial charge in [0.25, 0.3) is 0 Å². The molecule has 82 valence electrons. The molecule has 0 spiro atoms. The van der Waals surface area contributed by atoms with Crippen LogP contribution in [0.2, 0.25) is 0 Å². The van der Waals surface area contributed by atoms with Gasteiger partial charge >= 0.3 is 5.97 Å². The molecule has 0 radical (unpaired) electrons. The van der Waals surface area contributed by atoms with Crippen LogP contribution in [0.1, 0.15) is 10.4 Å². The van der Waals surface area contributed by atoms with E-state index in [0.717, 1.165) is 6.07 Å². The third-order valence-corrected chi connectivity index (χ3v) is 1.68. The lowest BCUT2D eigenvalue weighted by atomic mass is 10.2. The molecule has 1 aromatic carbocycles. The fraction of sp³-hybridized carbons (Fsp3) is 0.300. The number of rotatable bonds is 4. The van der Waals surface area contributed by atoms with Crippen LogP contribution in [0.4, 0.5) is 4.39 Å². The molecule has 4 nitrogen and oxygen atoms in total. The minimum absolute atomic E-state index is 0.0419. The Morgan fingerprint density at radius 2 is 2.13 bits per heavy atom. The average Bonchev–Trinajstić information content (AvgIpc) is 2.27. The molecule has 5 heteroatoms. The molecule has 0 bridgehead atoms. The SMILES string of the molecule is COCOc1cc(C(=O)OC)ccc1F. The molecule has 0 atom stereocenters. The fourth-order valence-electron chi connectivity index (χ4n) is 0.981. The van der Waals surface area contributed by atoms with Crippen LogP contribution in [0.25, 0.3) is 0 Å².